The van der Waals surface area contributed by atoms with Gasteiger partial charge < -0.3 is 10.3 Å². The van der Waals surface area contributed by atoms with E-state index in [9.17, 15) is 10.0 Å². The standard InChI is InChI=1S/C8H15NO3/c1-2-7(6-10)9(12)5-3-4-8(9)11/h7,10H,2-6H2,1H3/t7-,9?/m0/s1. The van der Waals surface area contributed by atoms with Gasteiger partial charge in [-0.05, 0) is 6.42 Å². The molecule has 1 unspecified atom stereocenters. The molecule has 0 radical (unpaired) electrons. The van der Waals surface area contributed by atoms with E-state index in [1.807, 2.05) is 6.92 Å². The molecule has 1 N–H and O–H groups in total. The van der Waals surface area contributed by atoms with E-state index >= 15 is 0 Å². The van der Waals surface area contributed by atoms with Gasteiger partial charge in [-0.25, -0.2) is 4.79 Å². The molecule has 1 amide bonds. The van der Waals surface area contributed by atoms with E-state index in [2.05, 4.69) is 0 Å². The minimum absolute atomic E-state index is 0.189. The van der Waals surface area contributed by atoms with Gasteiger partial charge >= 0.3 is 5.91 Å². The molecular weight excluding hydrogens is 158 g/mol. The second kappa shape index (κ2) is 3.51. The van der Waals surface area contributed by atoms with E-state index < -0.39 is 10.7 Å². The van der Waals surface area contributed by atoms with Gasteiger partial charge in [0.25, 0.3) is 0 Å². The van der Waals surface area contributed by atoms with Crippen LogP contribution in [0.5, 0.6) is 0 Å². The molecule has 0 saturated carbocycles. The van der Waals surface area contributed by atoms with E-state index in [0.29, 0.717) is 25.8 Å². The number of aliphatic hydroxyl groups excluding tert-OH is 1. The summed E-state index contributed by atoms with van der Waals surface area (Å²) >= 11 is 0. The highest BCUT2D eigenvalue weighted by Crippen LogP contribution is 2.24. The van der Waals surface area contributed by atoms with Gasteiger partial charge in [0.15, 0.2) is 0 Å². The SMILES string of the molecule is CC[C@@H](CO)[N+]1([O-])CCCC1=O. The Labute approximate surface area is 72.0 Å². The molecule has 0 spiro atoms. The molecule has 1 rings (SSSR count). The highest BCUT2D eigenvalue weighted by atomic mass is 16.6. The van der Waals surface area contributed by atoms with E-state index in [1.54, 1.807) is 0 Å². The summed E-state index contributed by atoms with van der Waals surface area (Å²) in [5.41, 5.74) is 0. The zero-order valence-electron chi connectivity index (χ0n) is 7.32. The maximum absolute atomic E-state index is 11.8. The third-order valence-electron chi connectivity index (χ3n) is 2.57. The molecule has 4 heteroatoms. The number of hydrogen-bond donors (Lipinski definition) is 1. The van der Waals surface area contributed by atoms with Crippen LogP contribution in [0.3, 0.4) is 0 Å². The first kappa shape index (κ1) is 9.64. The number of likely N-dealkylation sites (tertiary alicyclic amines) is 1. The lowest BCUT2D eigenvalue weighted by molar-refractivity contribution is -0.824. The molecule has 1 aliphatic heterocycles. The van der Waals surface area contributed by atoms with Gasteiger partial charge in [0.05, 0.1) is 19.6 Å². The fourth-order valence-corrected chi connectivity index (χ4v) is 1.72. The van der Waals surface area contributed by atoms with Crippen molar-refractivity contribution in [3.63, 3.8) is 0 Å². The minimum Gasteiger partial charge on any atom is -0.625 e. The Morgan fingerprint density at radius 3 is 2.75 bits per heavy atom. The van der Waals surface area contributed by atoms with Crippen molar-refractivity contribution >= 4 is 5.91 Å². The van der Waals surface area contributed by atoms with Crippen LogP contribution in [-0.2, 0) is 4.79 Å². The predicted octanol–water partition coefficient (Wildman–Crippen LogP) is 0.392. The molecule has 1 heterocycles. The number of aliphatic hydroxyl groups is 1. The van der Waals surface area contributed by atoms with Gasteiger partial charge in [0.1, 0.15) is 6.04 Å². The van der Waals surface area contributed by atoms with Crippen molar-refractivity contribution in [1.82, 2.24) is 0 Å². The molecule has 12 heavy (non-hydrogen) atoms. The summed E-state index contributed by atoms with van der Waals surface area (Å²) < 4.78 is -0.799. The van der Waals surface area contributed by atoms with E-state index in [4.69, 9.17) is 5.11 Å². The van der Waals surface area contributed by atoms with Crippen molar-refractivity contribution in [2.24, 2.45) is 0 Å². The molecule has 0 aromatic rings. The van der Waals surface area contributed by atoms with Gasteiger partial charge in [0.2, 0.25) is 0 Å². The number of hydrogen-bond acceptors (Lipinski definition) is 3. The number of hydroxylamine groups is 3. The van der Waals surface area contributed by atoms with Gasteiger partial charge in [-0.15, -0.1) is 0 Å². The summed E-state index contributed by atoms with van der Waals surface area (Å²) in [6.45, 7) is 1.98. The Kier molecular flexibility index (Phi) is 2.82. The number of nitrogens with zero attached hydrogens (tertiary/aromatic N) is 1. The van der Waals surface area contributed by atoms with Crippen LogP contribution >= 0.6 is 0 Å². The van der Waals surface area contributed by atoms with Crippen LogP contribution in [0.1, 0.15) is 26.2 Å². The Morgan fingerprint density at radius 1 is 1.75 bits per heavy atom. The second-order valence-corrected chi connectivity index (χ2v) is 3.26. The van der Waals surface area contributed by atoms with Crippen LogP contribution < -0.4 is 0 Å². The summed E-state index contributed by atoms with van der Waals surface area (Å²) in [5.74, 6) is -0.268. The Hall–Kier alpha value is -0.450. The van der Waals surface area contributed by atoms with E-state index in [0.717, 1.165) is 0 Å². The predicted molar refractivity (Wildman–Crippen MR) is 43.9 cm³/mol. The number of amides is 1. The first-order valence-electron chi connectivity index (χ1n) is 4.38. The minimum atomic E-state index is -0.799. The molecule has 70 valence electrons. The molecule has 0 aromatic carbocycles. The van der Waals surface area contributed by atoms with Crippen molar-refractivity contribution in [3.05, 3.63) is 5.21 Å². The third kappa shape index (κ3) is 1.37. The van der Waals surface area contributed by atoms with Gasteiger partial charge in [-0.3, -0.25) is 4.65 Å². The zero-order valence-corrected chi connectivity index (χ0v) is 7.32. The van der Waals surface area contributed by atoms with Gasteiger partial charge in [-0.1, -0.05) is 6.92 Å². The van der Waals surface area contributed by atoms with Crippen molar-refractivity contribution in [1.29, 1.82) is 0 Å². The topological polar surface area (TPSA) is 60.4 Å². The lowest BCUT2D eigenvalue weighted by atomic mass is 10.2. The van der Waals surface area contributed by atoms with E-state index in [-0.39, 0.29) is 12.5 Å². The third-order valence-corrected chi connectivity index (χ3v) is 2.57. The number of rotatable bonds is 3. The summed E-state index contributed by atoms with van der Waals surface area (Å²) in [6, 6.07) is -0.444. The second-order valence-electron chi connectivity index (χ2n) is 3.26. The summed E-state index contributed by atoms with van der Waals surface area (Å²) in [5, 5.41) is 20.7. The normalized spacial score (nSPS) is 32.4. The van der Waals surface area contributed by atoms with Gasteiger partial charge in [-0.2, -0.15) is 0 Å². The molecule has 1 saturated heterocycles. The molecule has 0 aliphatic carbocycles. The summed E-state index contributed by atoms with van der Waals surface area (Å²) in [6.07, 6.45) is 1.60. The van der Waals surface area contributed by atoms with Crippen LogP contribution in [-0.4, -0.2) is 34.9 Å². The largest absolute Gasteiger partial charge is 0.625 e. The molecule has 4 nitrogen and oxygen atoms in total. The van der Waals surface area contributed by atoms with Gasteiger partial charge in [0, 0.05) is 6.42 Å². The fraction of sp³-hybridized carbons (Fsp3) is 0.875. The van der Waals surface area contributed by atoms with Crippen molar-refractivity contribution in [2.45, 2.75) is 32.2 Å². The van der Waals surface area contributed by atoms with Crippen LogP contribution in [0.15, 0.2) is 0 Å². The van der Waals surface area contributed by atoms with Crippen LogP contribution in [0, 0.1) is 5.21 Å². The smallest absolute Gasteiger partial charge is 0.314 e. The average molecular weight is 173 g/mol. The maximum Gasteiger partial charge on any atom is 0.314 e. The number of carbonyl (C=O) groups is 1. The first-order chi connectivity index (χ1) is 5.65. The zero-order chi connectivity index (χ0) is 9.19. The fourth-order valence-electron chi connectivity index (χ4n) is 1.72. The molecule has 1 aliphatic rings. The number of carbonyl (C=O) groups excluding carboxylic acids is 1. The van der Waals surface area contributed by atoms with Crippen LogP contribution in [0.2, 0.25) is 0 Å². The first-order valence-corrected chi connectivity index (χ1v) is 4.38. The quantitative estimate of drug-likeness (QED) is 0.496. The lowest BCUT2D eigenvalue weighted by Crippen LogP contribution is -2.52. The van der Waals surface area contributed by atoms with Crippen molar-refractivity contribution in [3.8, 4) is 0 Å². The monoisotopic (exact) mass is 173 g/mol. The van der Waals surface area contributed by atoms with Crippen molar-refractivity contribution in [2.75, 3.05) is 13.2 Å². The molecular formula is C8H15NO3. The lowest BCUT2D eigenvalue weighted by Gasteiger charge is -2.41. The molecule has 0 bridgehead atoms. The maximum atomic E-state index is 11.8. The molecule has 2 atom stereocenters. The van der Waals surface area contributed by atoms with Crippen LogP contribution in [0.4, 0.5) is 0 Å². The Bertz CT molecular complexity index is 179. The highest BCUT2D eigenvalue weighted by Gasteiger charge is 2.38. The van der Waals surface area contributed by atoms with Crippen LogP contribution in [0.25, 0.3) is 0 Å². The molecule has 1 fully saturated rings. The molecule has 0 aromatic heterocycles. The van der Waals surface area contributed by atoms with E-state index in [1.165, 1.54) is 0 Å². The summed E-state index contributed by atoms with van der Waals surface area (Å²) in [4.78, 5) is 11.2. The Morgan fingerprint density at radius 2 is 2.42 bits per heavy atom. The van der Waals surface area contributed by atoms with Crippen molar-refractivity contribution < 1.29 is 14.5 Å². The highest BCUT2D eigenvalue weighted by molar-refractivity contribution is 5.71. The summed E-state index contributed by atoms with van der Waals surface area (Å²) in [7, 11) is 0. The number of quaternary nitrogens is 1. The Balaban J connectivity index is 2.74. The average Bonchev–Trinajstić information content (AvgIpc) is 2.36.